The van der Waals surface area contributed by atoms with Crippen molar-refractivity contribution in [2.75, 3.05) is 80.9 Å². The number of hydrogen-bond acceptors (Lipinski definition) is 7. The summed E-state index contributed by atoms with van der Waals surface area (Å²) in [6, 6.07) is 13.8. The van der Waals surface area contributed by atoms with Crippen molar-refractivity contribution in [1.29, 1.82) is 0 Å². The monoisotopic (exact) mass is 534 g/mol. The minimum Gasteiger partial charge on any atom is -0.479 e. The number of aliphatic carboxylic acids is 1. The number of carbonyl (C=O) groups excluding carboxylic acids is 1. The Morgan fingerprint density at radius 1 is 1.10 bits per heavy atom. The predicted octanol–water partition coefficient (Wildman–Crippen LogP) is 3.30. The quantitative estimate of drug-likeness (QED) is 0.398. The number of urea groups is 1. The smallest absolute Gasteiger partial charge is 0.330 e. The second-order valence-corrected chi connectivity index (χ2v) is 9.91. The van der Waals surface area contributed by atoms with Crippen LogP contribution in [-0.2, 0) is 9.53 Å². The first kappa shape index (κ1) is 28.0. The Morgan fingerprint density at radius 2 is 1.82 bits per heavy atom. The largest absolute Gasteiger partial charge is 0.479 e. The first-order chi connectivity index (χ1) is 18.8. The van der Waals surface area contributed by atoms with E-state index in [9.17, 15) is 14.7 Å². The molecule has 10 heteroatoms. The lowest BCUT2D eigenvalue weighted by atomic mass is 10.1. The molecule has 0 saturated carbocycles. The maximum absolute atomic E-state index is 13.5. The highest BCUT2D eigenvalue weighted by atomic mass is 16.5. The van der Waals surface area contributed by atoms with E-state index in [1.165, 1.54) is 0 Å². The molecule has 2 aromatic carbocycles. The molecule has 0 aromatic heterocycles. The van der Waals surface area contributed by atoms with Gasteiger partial charge in [0.1, 0.15) is 6.04 Å². The summed E-state index contributed by atoms with van der Waals surface area (Å²) in [4.78, 5) is 33.2. The van der Waals surface area contributed by atoms with Crippen molar-refractivity contribution in [1.82, 2.24) is 9.80 Å². The fourth-order valence-corrected chi connectivity index (χ4v) is 4.67. The van der Waals surface area contributed by atoms with Crippen molar-refractivity contribution < 1.29 is 19.4 Å². The number of para-hydroxylation sites is 2. The average Bonchev–Trinajstić information content (AvgIpc) is 2.93. The number of carbonyl (C=O) groups is 2. The number of benzene rings is 2. The van der Waals surface area contributed by atoms with E-state index in [1.807, 2.05) is 55.4 Å². The highest BCUT2D eigenvalue weighted by Crippen LogP contribution is 2.29. The molecule has 208 valence electrons. The van der Waals surface area contributed by atoms with Crippen LogP contribution in [0.3, 0.4) is 0 Å². The topological polar surface area (TPSA) is 115 Å². The lowest BCUT2D eigenvalue weighted by Crippen LogP contribution is -2.42. The van der Waals surface area contributed by atoms with Crippen LogP contribution in [0, 0.1) is 0 Å². The molecular formula is C29H38N6O4. The van der Waals surface area contributed by atoms with Crippen molar-refractivity contribution >= 4 is 34.7 Å². The van der Waals surface area contributed by atoms with Crippen molar-refractivity contribution in [3.05, 3.63) is 72.5 Å². The summed E-state index contributed by atoms with van der Waals surface area (Å²) < 4.78 is 5.45. The summed E-state index contributed by atoms with van der Waals surface area (Å²) in [6.45, 7) is 4.97. The van der Waals surface area contributed by atoms with Gasteiger partial charge in [-0.25, -0.2) is 9.59 Å². The number of morpholine rings is 1. The summed E-state index contributed by atoms with van der Waals surface area (Å²) in [5, 5.41) is 12.8. The molecule has 1 saturated heterocycles. The SMILES string of the molecule is CN(C)c1ccc(NC(=O)N(CCCN2CCOCC2)CC2=CN(c3ccccc3N)C(C(=O)O)C=C2)cc1. The second-order valence-electron chi connectivity index (χ2n) is 9.91. The Kier molecular flexibility index (Phi) is 9.45. The molecule has 1 unspecified atom stereocenters. The first-order valence-electron chi connectivity index (χ1n) is 13.2. The highest BCUT2D eigenvalue weighted by Gasteiger charge is 2.27. The zero-order chi connectivity index (χ0) is 27.8. The number of nitrogens with one attached hydrogen (secondary N) is 1. The van der Waals surface area contributed by atoms with Crippen LogP contribution in [0.4, 0.5) is 27.5 Å². The van der Waals surface area contributed by atoms with Gasteiger partial charge in [-0.2, -0.15) is 0 Å². The highest BCUT2D eigenvalue weighted by molar-refractivity contribution is 5.90. The number of hydrogen-bond donors (Lipinski definition) is 3. The summed E-state index contributed by atoms with van der Waals surface area (Å²) in [7, 11) is 3.94. The van der Waals surface area contributed by atoms with E-state index in [0.717, 1.165) is 50.5 Å². The Morgan fingerprint density at radius 3 is 2.49 bits per heavy atom. The Balaban J connectivity index is 1.51. The molecule has 4 rings (SSSR count). The van der Waals surface area contributed by atoms with Crippen LogP contribution in [0.15, 0.2) is 72.5 Å². The second kappa shape index (κ2) is 13.2. The molecule has 0 radical (unpaired) electrons. The van der Waals surface area contributed by atoms with Crippen LogP contribution >= 0.6 is 0 Å². The maximum Gasteiger partial charge on any atom is 0.330 e. The fraction of sp³-hybridized carbons (Fsp3) is 0.379. The minimum absolute atomic E-state index is 0.213. The van der Waals surface area contributed by atoms with Crippen LogP contribution < -0.4 is 20.9 Å². The normalized spacial score (nSPS) is 17.4. The summed E-state index contributed by atoms with van der Waals surface area (Å²) >= 11 is 0. The summed E-state index contributed by atoms with van der Waals surface area (Å²) in [5.74, 6) is -0.980. The van der Waals surface area contributed by atoms with Gasteiger partial charge in [-0.1, -0.05) is 24.3 Å². The molecule has 10 nitrogen and oxygen atoms in total. The molecule has 0 spiro atoms. The molecule has 2 aliphatic rings. The molecule has 2 heterocycles. The van der Waals surface area contributed by atoms with Gasteiger partial charge in [0.05, 0.1) is 24.6 Å². The number of nitrogen functional groups attached to an aromatic ring is 1. The van der Waals surface area contributed by atoms with Crippen molar-refractivity contribution in [2.45, 2.75) is 12.5 Å². The summed E-state index contributed by atoms with van der Waals surface area (Å²) in [6.07, 6.45) is 5.99. The van der Waals surface area contributed by atoms with Gasteiger partial charge in [0, 0.05) is 64.4 Å². The van der Waals surface area contributed by atoms with E-state index in [0.29, 0.717) is 30.2 Å². The molecule has 39 heavy (non-hydrogen) atoms. The average molecular weight is 535 g/mol. The predicted molar refractivity (Wildman–Crippen MR) is 155 cm³/mol. The van der Waals surface area contributed by atoms with Crippen LogP contribution in [0.1, 0.15) is 6.42 Å². The van der Waals surface area contributed by atoms with Gasteiger partial charge in [0.2, 0.25) is 0 Å². The molecule has 2 amide bonds. The molecule has 0 aliphatic carbocycles. The van der Waals surface area contributed by atoms with E-state index in [4.69, 9.17) is 10.5 Å². The minimum atomic E-state index is -0.980. The third-order valence-corrected chi connectivity index (χ3v) is 6.87. The summed E-state index contributed by atoms with van der Waals surface area (Å²) in [5.41, 5.74) is 9.83. The molecule has 1 fully saturated rings. The van der Waals surface area contributed by atoms with Gasteiger partial charge in [-0.3, -0.25) is 4.90 Å². The number of ether oxygens (including phenoxy) is 1. The maximum atomic E-state index is 13.5. The Hall–Kier alpha value is -4.02. The van der Waals surface area contributed by atoms with E-state index in [1.54, 1.807) is 40.3 Å². The fourth-order valence-electron chi connectivity index (χ4n) is 4.67. The van der Waals surface area contributed by atoms with E-state index >= 15 is 0 Å². The van der Waals surface area contributed by atoms with Gasteiger partial charge in [0.25, 0.3) is 0 Å². The lowest BCUT2D eigenvalue weighted by Gasteiger charge is -2.32. The van der Waals surface area contributed by atoms with Gasteiger partial charge < -0.3 is 35.6 Å². The zero-order valence-corrected chi connectivity index (χ0v) is 22.6. The molecule has 2 aromatic rings. The number of amides is 2. The van der Waals surface area contributed by atoms with Crippen molar-refractivity contribution in [2.24, 2.45) is 0 Å². The standard InChI is InChI=1S/C29H38N6O4/c1-32(2)24-11-9-23(10-12-24)31-29(38)34(15-5-14-33-16-18-39-19-17-33)20-22-8-13-27(28(36)37)35(21-22)26-7-4-3-6-25(26)30/h3-4,6-13,21,27H,5,14-20,30H2,1-2H3,(H,31,38)(H,36,37). The van der Waals surface area contributed by atoms with Gasteiger partial charge >= 0.3 is 12.0 Å². The van der Waals surface area contributed by atoms with Crippen molar-refractivity contribution in [3.63, 3.8) is 0 Å². The van der Waals surface area contributed by atoms with Gasteiger partial charge in [-0.05, 0) is 48.4 Å². The Labute approximate surface area is 229 Å². The van der Waals surface area contributed by atoms with E-state index in [2.05, 4.69) is 10.2 Å². The van der Waals surface area contributed by atoms with Gasteiger partial charge in [-0.15, -0.1) is 0 Å². The number of carboxylic acids is 1. The third kappa shape index (κ3) is 7.52. The lowest BCUT2D eigenvalue weighted by molar-refractivity contribution is -0.137. The number of anilines is 4. The van der Waals surface area contributed by atoms with Gasteiger partial charge in [0.15, 0.2) is 0 Å². The molecule has 0 bridgehead atoms. The Bertz CT molecular complexity index is 1190. The third-order valence-electron chi connectivity index (χ3n) is 6.87. The van der Waals surface area contributed by atoms with E-state index < -0.39 is 12.0 Å². The van der Waals surface area contributed by atoms with Crippen LogP contribution in [0.25, 0.3) is 0 Å². The van der Waals surface area contributed by atoms with Crippen LogP contribution in [-0.4, -0.2) is 93.0 Å². The zero-order valence-electron chi connectivity index (χ0n) is 22.6. The molecule has 2 aliphatic heterocycles. The first-order valence-corrected chi connectivity index (χ1v) is 13.2. The number of carboxylic acid groups (broad SMARTS) is 1. The number of rotatable bonds is 10. The molecule has 4 N–H and O–H groups in total. The van der Waals surface area contributed by atoms with Crippen LogP contribution in [0.2, 0.25) is 0 Å². The van der Waals surface area contributed by atoms with Crippen LogP contribution in [0.5, 0.6) is 0 Å². The molecule has 1 atom stereocenters. The van der Waals surface area contributed by atoms with Crippen molar-refractivity contribution in [3.8, 4) is 0 Å². The molecular weight excluding hydrogens is 496 g/mol. The number of nitrogens with zero attached hydrogens (tertiary/aromatic N) is 4. The van der Waals surface area contributed by atoms with E-state index in [-0.39, 0.29) is 6.03 Å². The number of nitrogens with two attached hydrogens (primary N) is 1.